The zero-order chi connectivity index (χ0) is 12.9. The van der Waals surface area contributed by atoms with Crippen molar-refractivity contribution in [2.75, 3.05) is 0 Å². The molecule has 0 unspecified atom stereocenters. The number of rotatable bonds is 1. The van der Waals surface area contributed by atoms with Gasteiger partial charge in [0.05, 0.1) is 15.8 Å². The summed E-state index contributed by atoms with van der Waals surface area (Å²) in [6.07, 6.45) is 0. The number of hydrogen-bond acceptors (Lipinski definition) is 6. The maximum absolute atomic E-state index is 11.8. The molecular formula is C10H6N4O3S. The summed E-state index contributed by atoms with van der Waals surface area (Å²) in [6, 6.07) is 4.09. The number of nitro groups is 1. The lowest BCUT2D eigenvalue weighted by atomic mass is 10.2. The van der Waals surface area contributed by atoms with Gasteiger partial charge in [0.1, 0.15) is 5.01 Å². The predicted octanol–water partition coefficient (Wildman–Crippen LogP) is 1.52. The maximum atomic E-state index is 11.8. The lowest BCUT2D eigenvalue weighted by Crippen LogP contribution is -2.10. The summed E-state index contributed by atoms with van der Waals surface area (Å²) in [4.78, 5) is 26.3. The Bertz CT molecular complexity index is 851. The van der Waals surface area contributed by atoms with Gasteiger partial charge < -0.3 is 0 Å². The van der Waals surface area contributed by atoms with E-state index in [1.165, 1.54) is 34.1 Å². The van der Waals surface area contributed by atoms with Gasteiger partial charge in [-0.1, -0.05) is 11.3 Å². The van der Waals surface area contributed by atoms with Crippen LogP contribution in [0.1, 0.15) is 5.01 Å². The van der Waals surface area contributed by atoms with Crippen molar-refractivity contribution < 1.29 is 4.92 Å². The fourth-order valence-corrected chi connectivity index (χ4v) is 2.49. The lowest BCUT2D eigenvalue weighted by Gasteiger charge is -1.98. The molecule has 0 radical (unpaired) electrons. The number of fused-ring (bicyclic) bond motifs is 3. The molecule has 0 amide bonds. The van der Waals surface area contributed by atoms with Crippen LogP contribution in [-0.4, -0.2) is 19.5 Å². The van der Waals surface area contributed by atoms with E-state index < -0.39 is 10.5 Å². The highest BCUT2D eigenvalue weighted by molar-refractivity contribution is 7.16. The molecule has 0 N–H and O–H groups in total. The van der Waals surface area contributed by atoms with E-state index in [1.807, 2.05) is 0 Å². The first-order valence-electron chi connectivity index (χ1n) is 5.01. The summed E-state index contributed by atoms with van der Waals surface area (Å²) >= 11 is 1.30. The molecule has 3 rings (SSSR count). The number of aryl methyl sites for hydroxylation is 1. The molecule has 0 saturated heterocycles. The van der Waals surface area contributed by atoms with Gasteiger partial charge in [-0.25, -0.2) is 4.52 Å². The number of nitrogens with zero attached hydrogens (tertiary/aromatic N) is 4. The molecule has 90 valence electrons. The van der Waals surface area contributed by atoms with Crippen LogP contribution >= 0.6 is 11.3 Å². The van der Waals surface area contributed by atoms with Crippen LogP contribution in [0.2, 0.25) is 0 Å². The van der Waals surface area contributed by atoms with Gasteiger partial charge in [0.15, 0.2) is 0 Å². The van der Waals surface area contributed by atoms with E-state index in [0.29, 0.717) is 10.5 Å². The van der Waals surface area contributed by atoms with Gasteiger partial charge >= 0.3 is 0 Å². The SMILES string of the molecule is Cc1nn2c(nc(=O)c3cc([N+](=O)[O-])ccc32)s1. The Morgan fingerprint density at radius 3 is 2.94 bits per heavy atom. The molecule has 0 aliphatic rings. The first kappa shape index (κ1) is 10.8. The fourth-order valence-electron chi connectivity index (χ4n) is 1.75. The Morgan fingerprint density at radius 1 is 1.44 bits per heavy atom. The largest absolute Gasteiger partial charge is 0.282 e. The van der Waals surface area contributed by atoms with E-state index >= 15 is 0 Å². The number of benzene rings is 1. The summed E-state index contributed by atoms with van der Waals surface area (Å²) in [7, 11) is 0. The minimum absolute atomic E-state index is 0.131. The van der Waals surface area contributed by atoms with E-state index in [1.54, 1.807) is 6.92 Å². The molecule has 2 heterocycles. The van der Waals surface area contributed by atoms with Crippen molar-refractivity contribution in [3.05, 3.63) is 43.7 Å². The summed E-state index contributed by atoms with van der Waals surface area (Å²) in [5, 5.41) is 15.9. The predicted molar refractivity (Wildman–Crippen MR) is 66.0 cm³/mol. The average molecular weight is 262 g/mol. The van der Waals surface area contributed by atoms with Gasteiger partial charge in [-0.15, -0.1) is 0 Å². The average Bonchev–Trinajstić information content (AvgIpc) is 2.69. The van der Waals surface area contributed by atoms with Gasteiger partial charge in [-0.3, -0.25) is 14.9 Å². The summed E-state index contributed by atoms with van der Waals surface area (Å²) in [5.74, 6) is 0. The second-order valence-corrected chi connectivity index (χ2v) is 4.85. The second-order valence-electron chi connectivity index (χ2n) is 3.69. The molecule has 0 atom stereocenters. The smallest absolute Gasteiger partial charge is 0.267 e. The molecule has 0 spiro atoms. The zero-order valence-corrected chi connectivity index (χ0v) is 9.97. The van der Waals surface area contributed by atoms with Crippen LogP contribution < -0.4 is 5.56 Å². The molecule has 2 aromatic heterocycles. The van der Waals surface area contributed by atoms with Crippen molar-refractivity contribution in [1.82, 2.24) is 14.6 Å². The highest BCUT2D eigenvalue weighted by Crippen LogP contribution is 2.20. The van der Waals surface area contributed by atoms with E-state index in [-0.39, 0.29) is 11.1 Å². The van der Waals surface area contributed by atoms with Gasteiger partial charge in [0.25, 0.3) is 11.2 Å². The minimum Gasteiger partial charge on any atom is -0.267 e. The van der Waals surface area contributed by atoms with Crippen molar-refractivity contribution in [2.45, 2.75) is 6.92 Å². The first-order valence-corrected chi connectivity index (χ1v) is 5.82. The molecule has 0 saturated carbocycles. The van der Waals surface area contributed by atoms with Crippen LogP contribution in [0.25, 0.3) is 15.9 Å². The number of non-ortho nitro benzene ring substituents is 1. The third kappa shape index (κ3) is 1.46. The fraction of sp³-hybridized carbons (Fsp3) is 0.100. The van der Waals surface area contributed by atoms with Gasteiger partial charge in [-0.05, 0) is 13.0 Å². The van der Waals surface area contributed by atoms with E-state index in [0.717, 1.165) is 5.01 Å². The van der Waals surface area contributed by atoms with E-state index in [2.05, 4.69) is 10.1 Å². The highest BCUT2D eigenvalue weighted by atomic mass is 32.1. The normalized spacial score (nSPS) is 11.2. The third-order valence-electron chi connectivity index (χ3n) is 2.51. The summed E-state index contributed by atoms with van der Waals surface area (Å²) in [6.45, 7) is 1.81. The third-order valence-corrected chi connectivity index (χ3v) is 3.33. The number of aromatic nitrogens is 3. The molecule has 0 bridgehead atoms. The standard InChI is InChI=1S/C10H6N4O3S/c1-5-12-13-8-3-2-6(14(16)17)4-7(8)9(15)11-10(13)18-5/h2-4H,1H3. The van der Waals surface area contributed by atoms with Crippen LogP contribution in [-0.2, 0) is 0 Å². The quantitative estimate of drug-likeness (QED) is 0.490. The van der Waals surface area contributed by atoms with Gasteiger partial charge in [0.2, 0.25) is 4.96 Å². The zero-order valence-electron chi connectivity index (χ0n) is 9.15. The molecule has 3 aromatic rings. The van der Waals surface area contributed by atoms with Crippen molar-refractivity contribution in [2.24, 2.45) is 0 Å². The minimum atomic E-state index is -0.542. The van der Waals surface area contributed by atoms with Gasteiger partial charge in [0, 0.05) is 12.1 Å². The molecule has 0 aliphatic carbocycles. The van der Waals surface area contributed by atoms with Crippen molar-refractivity contribution in [1.29, 1.82) is 0 Å². The topological polar surface area (TPSA) is 90.4 Å². The Balaban J connectivity index is 2.51. The van der Waals surface area contributed by atoms with Crippen LogP contribution in [0, 0.1) is 17.0 Å². The monoisotopic (exact) mass is 262 g/mol. The van der Waals surface area contributed by atoms with Crippen LogP contribution in [0.3, 0.4) is 0 Å². The Hall–Kier alpha value is -2.35. The molecule has 18 heavy (non-hydrogen) atoms. The molecule has 8 heteroatoms. The Labute approximate surface area is 103 Å². The first-order chi connectivity index (χ1) is 8.56. The van der Waals surface area contributed by atoms with E-state index in [4.69, 9.17) is 0 Å². The summed E-state index contributed by atoms with van der Waals surface area (Å²) < 4.78 is 1.53. The maximum Gasteiger partial charge on any atom is 0.282 e. The van der Waals surface area contributed by atoms with Crippen LogP contribution in [0.5, 0.6) is 0 Å². The Kier molecular flexibility index (Phi) is 2.14. The second kappa shape index (κ2) is 3.57. The van der Waals surface area contributed by atoms with E-state index in [9.17, 15) is 14.9 Å². The number of nitro benzene ring substituents is 1. The molecule has 0 fully saturated rings. The van der Waals surface area contributed by atoms with Crippen molar-refractivity contribution in [3.8, 4) is 0 Å². The summed E-state index contributed by atoms with van der Waals surface area (Å²) in [5.41, 5.74) is -0.0781. The Morgan fingerprint density at radius 2 is 2.22 bits per heavy atom. The highest BCUT2D eigenvalue weighted by Gasteiger charge is 2.13. The van der Waals surface area contributed by atoms with Gasteiger partial charge in [-0.2, -0.15) is 10.1 Å². The molecule has 1 aromatic carbocycles. The van der Waals surface area contributed by atoms with Crippen LogP contribution in [0.15, 0.2) is 23.0 Å². The van der Waals surface area contributed by atoms with Crippen molar-refractivity contribution >= 4 is 32.9 Å². The van der Waals surface area contributed by atoms with Crippen LogP contribution in [0.4, 0.5) is 5.69 Å². The molecular weight excluding hydrogens is 256 g/mol. The molecule has 0 aliphatic heterocycles. The molecule has 7 nitrogen and oxygen atoms in total. The lowest BCUT2D eigenvalue weighted by molar-refractivity contribution is -0.384. The number of hydrogen-bond donors (Lipinski definition) is 0. The van der Waals surface area contributed by atoms with Crippen molar-refractivity contribution in [3.63, 3.8) is 0 Å².